The second-order valence-corrected chi connectivity index (χ2v) is 5.42. The van der Waals surface area contributed by atoms with Crippen LogP contribution in [0.3, 0.4) is 0 Å². The Morgan fingerprint density at radius 2 is 2.16 bits per heavy atom. The molecule has 0 fully saturated rings. The lowest BCUT2D eigenvalue weighted by Crippen LogP contribution is -2.39. The minimum atomic E-state index is -0.539. The molecule has 1 N–H and O–H groups in total. The van der Waals surface area contributed by atoms with Crippen LogP contribution in [0.25, 0.3) is 0 Å². The Morgan fingerprint density at radius 1 is 1.53 bits per heavy atom. The number of non-ortho nitro benzene ring substituents is 1. The number of nitro benzene ring substituents is 1. The van der Waals surface area contributed by atoms with E-state index in [2.05, 4.69) is 21.2 Å². The summed E-state index contributed by atoms with van der Waals surface area (Å²) in [5.41, 5.74) is -0.400. The highest BCUT2D eigenvalue weighted by Crippen LogP contribution is 2.22. The van der Waals surface area contributed by atoms with Gasteiger partial charge in [0.25, 0.3) is 11.6 Å². The molecule has 0 unspecified atom stereocenters. The third-order valence-electron chi connectivity index (χ3n) is 2.63. The van der Waals surface area contributed by atoms with Crippen LogP contribution in [0, 0.1) is 10.1 Å². The molecule has 0 saturated heterocycles. The van der Waals surface area contributed by atoms with Crippen LogP contribution in [0.4, 0.5) is 5.69 Å². The van der Waals surface area contributed by atoms with Gasteiger partial charge in [0.2, 0.25) is 0 Å². The first-order chi connectivity index (χ1) is 8.76. The number of nitrogens with zero attached hydrogens (tertiary/aromatic N) is 1. The van der Waals surface area contributed by atoms with Gasteiger partial charge in [-0.3, -0.25) is 14.9 Å². The zero-order valence-electron chi connectivity index (χ0n) is 10.9. The fourth-order valence-electron chi connectivity index (χ4n) is 1.26. The maximum absolute atomic E-state index is 12.0. The van der Waals surface area contributed by atoms with Crippen molar-refractivity contribution in [3.05, 3.63) is 38.3 Å². The Labute approximate surface area is 119 Å². The molecule has 0 bridgehead atoms. The Morgan fingerprint density at radius 3 is 2.68 bits per heavy atom. The molecule has 1 amide bonds. The van der Waals surface area contributed by atoms with Crippen molar-refractivity contribution in [3.8, 4) is 0 Å². The molecule has 0 heterocycles. The van der Waals surface area contributed by atoms with E-state index in [-0.39, 0.29) is 17.2 Å². The van der Waals surface area contributed by atoms with Crippen molar-refractivity contribution in [1.29, 1.82) is 0 Å². The first-order valence-electron chi connectivity index (χ1n) is 5.54. The number of halogens is 1. The third kappa shape index (κ3) is 4.29. The van der Waals surface area contributed by atoms with Crippen LogP contribution < -0.4 is 5.32 Å². The first kappa shape index (κ1) is 15.6. The van der Waals surface area contributed by atoms with Crippen molar-refractivity contribution in [2.45, 2.75) is 19.4 Å². The van der Waals surface area contributed by atoms with E-state index < -0.39 is 10.5 Å². The van der Waals surface area contributed by atoms with Gasteiger partial charge >= 0.3 is 0 Å². The van der Waals surface area contributed by atoms with Gasteiger partial charge in [-0.05, 0) is 35.8 Å². The number of hydrogen-bond donors (Lipinski definition) is 1. The van der Waals surface area contributed by atoms with Crippen LogP contribution in [0.5, 0.6) is 0 Å². The Kier molecular flexibility index (Phi) is 5.02. The van der Waals surface area contributed by atoms with E-state index in [0.717, 1.165) is 0 Å². The normalized spacial score (nSPS) is 11.2. The highest BCUT2D eigenvalue weighted by molar-refractivity contribution is 9.10. The summed E-state index contributed by atoms with van der Waals surface area (Å²) in [6, 6.07) is 4.05. The summed E-state index contributed by atoms with van der Waals surface area (Å²) in [7, 11) is 1.55. The number of amides is 1. The van der Waals surface area contributed by atoms with Gasteiger partial charge in [0.15, 0.2) is 0 Å². The van der Waals surface area contributed by atoms with Gasteiger partial charge in [0.05, 0.1) is 16.1 Å². The predicted octanol–water partition coefficient (Wildman–Crippen LogP) is 2.51. The molecule has 7 heteroatoms. The lowest BCUT2D eigenvalue weighted by Gasteiger charge is -2.23. The van der Waals surface area contributed by atoms with E-state index in [1.807, 2.05) is 13.8 Å². The number of hydrogen-bond acceptors (Lipinski definition) is 4. The summed E-state index contributed by atoms with van der Waals surface area (Å²) in [4.78, 5) is 22.1. The van der Waals surface area contributed by atoms with Gasteiger partial charge in [-0.1, -0.05) is 0 Å². The molecule has 0 spiro atoms. The number of nitro groups is 1. The molecule has 6 nitrogen and oxygen atoms in total. The molecule has 1 rings (SSSR count). The van der Waals surface area contributed by atoms with Gasteiger partial charge < -0.3 is 10.1 Å². The Bertz CT molecular complexity index is 503. The fraction of sp³-hybridized carbons (Fsp3) is 0.417. The average Bonchev–Trinajstić information content (AvgIpc) is 2.36. The minimum Gasteiger partial charge on any atom is -0.377 e. The van der Waals surface area contributed by atoms with Crippen molar-refractivity contribution in [1.82, 2.24) is 5.32 Å². The molecule has 0 atom stereocenters. The molecular weight excluding hydrogens is 316 g/mol. The molecule has 19 heavy (non-hydrogen) atoms. The maximum atomic E-state index is 12.0. The number of methoxy groups -OCH3 is 1. The summed E-state index contributed by atoms with van der Waals surface area (Å²) in [6.07, 6.45) is 0. The molecule has 0 saturated carbocycles. The monoisotopic (exact) mass is 330 g/mol. The van der Waals surface area contributed by atoms with Gasteiger partial charge in [-0.2, -0.15) is 0 Å². The van der Waals surface area contributed by atoms with Crippen molar-refractivity contribution in [2.24, 2.45) is 0 Å². The quantitative estimate of drug-likeness (QED) is 0.664. The van der Waals surface area contributed by atoms with Gasteiger partial charge in [-0.25, -0.2) is 0 Å². The van der Waals surface area contributed by atoms with Gasteiger partial charge in [-0.15, -0.1) is 0 Å². The number of carbonyl (C=O) groups excluding carboxylic acids is 1. The van der Waals surface area contributed by atoms with Crippen LogP contribution in [0.15, 0.2) is 22.7 Å². The van der Waals surface area contributed by atoms with Crippen LogP contribution in [0.1, 0.15) is 24.2 Å². The van der Waals surface area contributed by atoms with E-state index in [0.29, 0.717) is 11.0 Å². The standard InChI is InChI=1S/C12H15BrN2O4/c1-12(2,19-3)7-14-11(16)9-6-8(15(17)18)4-5-10(9)13/h4-6H,7H2,1-3H3,(H,14,16). The smallest absolute Gasteiger partial charge is 0.270 e. The number of benzene rings is 1. The summed E-state index contributed by atoms with van der Waals surface area (Å²) >= 11 is 3.20. The summed E-state index contributed by atoms with van der Waals surface area (Å²) in [6.45, 7) is 3.96. The molecule has 1 aromatic carbocycles. The van der Waals surface area contributed by atoms with E-state index in [1.54, 1.807) is 7.11 Å². The number of rotatable bonds is 5. The zero-order chi connectivity index (χ0) is 14.6. The third-order valence-corrected chi connectivity index (χ3v) is 3.32. The number of carbonyl (C=O) groups is 1. The van der Waals surface area contributed by atoms with Crippen molar-refractivity contribution >= 4 is 27.5 Å². The maximum Gasteiger partial charge on any atom is 0.270 e. The molecule has 104 valence electrons. The second kappa shape index (κ2) is 6.12. The van der Waals surface area contributed by atoms with Crippen molar-refractivity contribution < 1.29 is 14.5 Å². The number of ether oxygens (including phenoxy) is 1. The molecule has 0 aliphatic heterocycles. The van der Waals surface area contributed by atoms with Gasteiger partial charge in [0.1, 0.15) is 0 Å². The second-order valence-electron chi connectivity index (χ2n) is 4.57. The largest absolute Gasteiger partial charge is 0.377 e. The predicted molar refractivity (Wildman–Crippen MR) is 74.2 cm³/mol. The molecule has 1 aromatic rings. The van der Waals surface area contributed by atoms with E-state index in [1.165, 1.54) is 18.2 Å². The van der Waals surface area contributed by atoms with Gasteiger partial charge in [0, 0.05) is 30.3 Å². The van der Waals surface area contributed by atoms with Crippen molar-refractivity contribution in [2.75, 3.05) is 13.7 Å². The van der Waals surface area contributed by atoms with E-state index in [9.17, 15) is 14.9 Å². The van der Waals surface area contributed by atoms with Crippen LogP contribution in [0.2, 0.25) is 0 Å². The topological polar surface area (TPSA) is 81.5 Å². The molecule has 0 radical (unpaired) electrons. The minimum absolute atomic E-state index is 0.126. The Balaban J connectivity index is 2.88. The Hall–Kier alpha value is -1.47. The molecular formula is C12H15BrN2O4. The molecule has 0 aliphatic rings. The molecule has 0 aliphatic carbocycles. The fourth-order valence-corrected chi connectivity index (χ4v) is 1.69. The SMILES string of the molecule is COC(C)(C)CNC(=O)c1cc([N+](=O)[O-])ccc1Br. The average molecular weight is 331 g/mol. The zero-order valence-corrected chi connectivity index (χ0v) is 12.5. The lowest BCUT2D eigenvalue weighted by atomic mass is 10.1. The van der Waals surface area contributed by atoms with E-state index in [4.69, 9.17) is 4.74 Å². The highest BCUT2D eigenvalue weighted by Gasteiger charge is 2.20. The van der Waals surface area contributed by atoms with E-state index >= 15 is 0 Å². The van der Waals surface area contributed by atoms with Crippen LogP contribution in [-0.4, -0.2) is 30.1 Å². The summed E-state index contributed by atoms with van der Waals surface area (Å²) < 4.78 is 5.69. The molecule has 0 aromatic heterocycles. The summed E-state index contributed by atoms with van der Waals surface area (Å²) in [5, 5.41) is 13.4. The highest BCUT2D eigenvalue weighted by atomic mass is 79.9. The lowest BCUT2D eigenvalue weighted by molar-refractivity contribution is -0.384. The summed E-state index contributed by atoms with van der Waals surface area (Å²) in [5.74, 6) is -0.388. The van der Waals surface area contributed by atoms with Crippen molar-refractivity contribution in [3.63, 3.8) is 0 Å². The first-order valence-corrected chi connectivity index (χ1v) is 6.33. The van der Waals surface area contributed by atoms with Crippen LogP contribution >= 0.6 is 15.9 Å². The number of nitrogens with one attached hydrogen (secondary N) is 1. The van der Waals surface area contributed by atoms with Crippen LogP contribution in [-0.2, 0) is 4.74 Å².